The largest absolute Gasteiger partial charge is 0.390 e. The van der Waals surface area contributed by atoms with Crippen molar-refractivity contribution in [1.82, 2.24) is 0 Å². The van der Waals surface area contributed by atoms with Crippen molar-refractivity contribution >= 4 is 0 Å². The lowest BCUT2D eigenvalue weighted by atomic mass is 9.73. The van der Waals surface area contributed by atoms with Crippen molar-refractivity contribution in [1.29, 1.82) is 0 Å². The van der Waals surface area contributed by atoms with Crippen molar-refractivity contribution in [3.8, 4) is 0 Å². The van der Waals surface area contributed by atoms with Crippen LogP contribution in [0.3, 0.4) is 0 Å². The molecule has 2 nitrogen and oxygen atoms in total. The van der Waals surface area contributed by atoms with Gasteiger partial charge in [0.05, 0.1) is 5.60 Å². The predicted octanol–water partition coefficient (Wildman–Crippen LogP) is 1.03. The van der Waals surface area contributed by atoms with Crippen LogP contribution in [0.15, 0.2) is 0 Å². The fourth-order valence-corrected chi connectivity index (χ4v) is 1.63. The summed E-state index contributed by atoms with van der Waals surface area (Å²) in [6.45, 7) is 2.14. The molecule has 60 valence electrons. The average Bonchev–Trinajstić information content (AvgIpc) is 1.81. The van der Waals surface area contributed by atoms with E-state index in [-0.39, 0.29) is 11.6 Å². The second kappa shape index (κ2) is 2.89. The van der Waals surface area contributed by atoms with Gasteiger partial charge in [0, 0.05) is 6.04 Å². The van der Waals surface area contributed by atoms with Crippen molar-refractivity contribution in [2.45, 2.75) is 50.7 Å². The Hall–Kier alpha value is -0.0800. The fraction of sp³-hybridized carbons (Fsp3) is 1.00. The summed E-state index contributed by atoms with van der Waals surface area (Å²) >= 11 is 0. The molecule has 0 aromatic rings. The zero-order valence-electron chi connectivity index (χ0n) is 6.64. The molecule has 1 aliphatic carbocycles. The number of nitrogens with two attached hydrogens (primary N) is 1. The molecule has 1 fully saturated rings. The first-order chi connectivity index (χ1) is 4.66. The highest BCUT2D eigenvalue weighted by Crippen LogP contribution is 2.34. The molecule has 10 heavy (non-hydrogen) atoms. The van der Waals surface area contributed by atoms with Gasteiger partial charge < -0.3 is 10.8 Å². The Morgan fingerprint density at radius 3 is 2.60 bits per heavy atom. The number of hydrogen-bond acceptors (Lipinski definition) is 2. The third-order valence-corrected chi connectivity index (χ3v) is 2.28. The van der Waals surface area contributed by atoms with E-state index in [1.54, 1.807) is 0 Å². The van der Waals surface area contributed by atoms with Crippen LogP contribution in [0.1, 0.15) is 39.0 Å². The number of aliphatic hydroxyl groups is 1. The summed E-state index contributed by atoms with van der Waals surface area (Å²) in [5, 5.41) is 9.63. The molecule has 0 heterocycles. The zero-order valence-corrected chi connectivity index (χ0v) is 6.64. The Morgan fingerprint density at radius 1 is 1.60 bits per heavy atom. The van der Waals surface area contributed by atoms with Crippen LogP contribution in [0.5, 0.6) is 0 Å². The molecular weight excluding hydrogens is 126 g/mol. The first-order valence-electron chi connectivity index (χ1n) is 4.14. The van der Waals surface area contributed by atoms with Gasteiger partial charge in [0.15, 0.2) is 0 Å². The molecule has 0 aromatic heterocycles. The fourth-order valence-electron chi connectivity index (χ4n) is 1.63. The minimum Gasteiger partial charge on any atom is -0.390 e. The van der Waals surface area contributed by atoms with Crippen molar-refractivity contribution in [3.05, 3.63) is 0 Å². The standard InChI is InChI=1S/C8H17NO/c1-2-3-4-8(10)5-7(9)6-8/h7,10H,2-6,9H2,1H3. The van der Waals surface area contributed by atoms with Gasteiger partial charge in [-0.15, -0.1) is 0 Å². The van der Waals surface area contributed by atoms with Crippen LogP contribution >= 0.6 is 0 Å². The van der Waals surface area contributed by atoms with Gasteiger partial charge in [0.1, 0.15) is 0 Å². The maximum atomic E-state index is 9.63. The molecule has 1 rings (SSSR count). The van der Waals surface area contributed by atoms with Gasteiger partial charge in [-0.3, -0.25) is 0 Å². The molecule has 1 aliphatic rings. The van der Waals surface area contributed by atoms with Crippen molar-refractivity contribution in [2.24, 2.45) is 5.73 Å². The highest BCUT2D eigenvalue weighted by molar-refractivity contribution is 4.96. The van der Waals surface area contributed by atoms with Gasteiger partial charge in [-0.2, -0.15) is 0 Å². The topological polar surface area (TPSA) is 46.2 Å². The minimum atomic E-state index is -0.380. The summed E-state index contributed by atoms with van der Waals surface area (Å²) in [7, 11) is 0. The van der Waals surface area contributed by atoms with E-state index < -0.39 is 0 Å². The second-order valence-corrected chi connectivity index (χ2v) is 3.50. The summed E-state index contributed by atoms with van der Waals surface area (Å²) in [6, 6.07) is 0.266. The van der Waals surface area contributed by atoms with Crippen molar-refractivity contribution in [2.75, 3.05) is 0 Å². The maximum Gasteiger partial charge on any atom is 0.0677 e. The quantitative estimate of drug-likeness (QED) is 0.619. The second-order valence-electron chi connectivity index (χ2n) is 3.50. The molecule has 0 aromatic carbocycles. The SMILES string of the molecule is CCCCC1(O)CC(N)C1. The van der Waals surface area contributed by atoms with Crippen LogP contribution in [0.2, 0.25) is 0 Å². The molecule has 0 spiro atoms. The summed E-state index contributed by atoms with van der Waals surface area (Å²) in [4.78, 5) is 0. The Labute approximate surface area is 62.4 Å². The van der Waals surface area contributed by atoms with E-state index in [2.05, 4.69) is 6.92 Å². The average molecular weight is 143 g/mol. The van der Waals surface area contributed by atoms with Gasteiger partial charge in [-0.05, 0) is 19.3 Å². The lowest BCUT2D eigenvalue weighted by Crippen LogP contribution is -2.51. The third kappa shape index (κ3) is 1.70. The Bertz CT molecular complexity index is 108. The van der Waals surface area contributed by atoms with E-state index in [0.29, 0.717) is 0 Å². The molecule has 0 unspecified atom stereocenters. The van der Waals surface area contributed by atoms with Crippen molar-refractivity contribution in [3.63, 3.8) is 0 Å². The van der Waals surface area contributed by atoms with E-state index in [0.717, 1.165) is 32.1 Å². The van der Waals surface area contributed by atoms with Crippen LogP contribution in [0.4, 0.5) is 0 Å². The van der Waals surface area contributed by atoms with Gasteiger partial charge in [-0.25, -0.2) is 0 Å². The van der Waals surface area contributed by atoms with E-state index in [1.807, 2.05) is 0 Å². The van der Waals surface area contributed by atoms with E-state index in [4.69, 9.17) is 5.73 Å². The maximum absolute atomic E-state index is 9.63. The molecule has 1 saturated carbocycles. The van der Waals surface area contributed by atoms with Gasteiger partial charge >= 0.3 is 0 Å². The smallest absolute Gasteiger partial charge is 0.0677 e. The van der Waals surface area contributed by atoms with E-state index >= 15 is 0 Å². The molecule has 0 amide bonds. The molecule has 0 bridgehead atoms. The van der Waals surface area contributed by atoms with Gasteiger partial charge in [0.2, 0.25) is 0 Å². The molecule has 0 aliphatic heterocycles. The lowest BCUT2D eigenvalue weighted by molar-refractivity contribution is -0.0543. The highest BCUT2D eigenvalue weighted by atomic mass is 16.3. The molecule has 0 saturated heterocycles. The van der Waals surface area contributed by atoms with E-state index in [1.165, 1.54) is 0 Å². The Balaban J connectivity index is 2.15. The highest BCUT2D eigenvalue weighted by Gasteiger charge is 2.39. The first kappa shape index (κ1) is 8.02. The van der Waals surface area contributed by atoms with Gasteiger partial charge in [0.25, 0.3) is 0 Å². The normalized spacial score (nSPS) is 39.3. The number of rotatable bonds is 3. The predicted molar refractivity (Wildman–Crippen MR) is 41.7 cm³/mol. The third-order valence-electron chi connectivity index (χ3n) is 2.28. The Morgan fingerprint density at radius 2 is 2.20 bits per heavy atom. The van der Waals surface area contributed by atoms with Crippen molar-refractivity contribution < 1.29 is 5.11 Å². The van der Waals surface area contributed by atoms with Crippen LogP contribution in [-0.4, -0.2) is 16.7 Å². The lowest BCUT2D eigenvalue weighted by Gasteiger charge is -2.41. The Kier molecular flexibility index (Phi) is 2.32. The van der Waals surface area contributed by atoms with Crippen LogP contribution in [0, 0.1) is 0 Å². The summed E-state index contributed by atoms with van der Waals surface area (Å²) in [6.07, 6.45) is 4.86. The minimum absolute atomic E-state index is 0.266. The zero-order chi connectivity index (χ0) is 7.61. The molecule has 2 heteroatoms. The van der Waals surface area contributed by atoms with Crippen LogP contribution in [-0.2, 0) is 0 Å². The summed E-state index contributed by atoms with van der Waals surface area (Å²) in [5.74, 6) is 0. The summed E-state index contributed by atoms with van der Waals surface area (Å²) in [5.41, 5.74) is 5.19. The molecular formula is C8H17NO. The van der Waals surface area contributed by atoms with Crippen LogP contribution < -0.4 is 5.73 Å². The van der Waals surface area contributed by atoms with E-state index in [9.17, 15) is 5.11 Å². The number of unbranched alkanes of at least 4 members (excludes halogenated alkanes) is 1. The number of hydrogen-bond donors (Lipinski definition) is 2. The molecule has 0 radical (unpaired) electrons. The summed E-state index contributed by atoms with van der Waals surface area (Å²) < 4.78 is 0. The monoisotopic (exact) mass is 143 g/mol. The van der Waals surface area contributed by atoms with Crippen LogP contribution in [0.25, 0.3) is 0 Å². The molecule has 3 N–H and O–H groups in total. The first-order valence-corrected chi connectivity index (χ1v) is 4.14. The van der Waals surface area contributed by atoms with Gasteiger partial charge in [-0.1, -0.05) is 19.8 Å². The molecule has 0 atom stereocenters.